The summed E-state index contributed by atoms with van der Waals surface area (Å²) >= 11 is 10.9. The number of hydrogen-bond donors (Lipinski definition) is 0. The molecule has 2 aromatic carbocycles. The predicted octanol–water partition coefficient (Wildman–Crippen LogP) is 4.40. The van der Waals surface area contributed by atoms with Crippen LogP contribution < -0.4 is 0 Å². The third-order valence-corrected chi connectivity index (χ3v) is 3.02. The van der Waals surface area contributed by atoms with Crippen molar-refractivity contribution in [2.45, 2.75) is 0 Å². The lowest BCUT2D eigenvalue weighted by Crippen LogP contribution is -1.96. The summed E-state index contributed by atoms with van der Waals surface area (Å²) in [5, 5.41) is 30.8. The number of rotatable bonds is 3. The highest BCUT2D eigenvalue weighted by Gasteiger charge is 2.26. The van der Waals surface area contributed by atoms with Crippen LogP contribution in [0.4, 0.5) is 17.1 Å². The molecule has 23 heavy (non-hydrogen) atoms. The molecule has 0 aliphatic rings. The van der Waals surface area contributed by atoms with E-state index in [-0.39, 0.29) is 15.7 Å². The molecule has 0 atom stereocenters. The molecule has 120 valence electrons. The molecule has 0 bridgehead atoms. The molecule has 0 unspecified atom stereocenters. The minimum atomic E-state index is -0.875. The van der Waals surface area contributed by atoms with Gasteiger partial charge in [-0.1, -0.05) is 41.4 Å². The molecule has 0 radical (unpaired) electrons. The molecule has 9 nitrogen and oxygen atoms in total. The van der Waals surface area contributed by atoms with Crippen molar-refractivity contribution in [3.05, 3.63) is 82.9 Å². The van der Waals surface area contributed by atoms with Gasteiger partial charge in [-0.15, -0.1) is 0 Å². The van der Waals surface area contributed by atoms with E-state index in [9.17, 15) is 30.3 Å². The second-order valence-corrected chi connectivity index (χ2v) is 4.64. The van der Waals surface area contributed by atoms with Gasteiger partial charge in [-0.05, 0) is 12.1 Å². The number of hydrogen-bond acceptors (Lipinski definition) is 6. The Kier molecular flexibility index (Phi) is 6.36. The molecule has 11 heteroatoms. The van der Waals surface area contributed by atoms with Crippen molar-refractivity contribution in [3.63, 3.8) is 0 Å². The molecule has 2 rings (SSSR count). The minimum Gasteiger partial charge on any atom is -0.258 e. The highest BCUT2D eigenvalue weighted by molar-refractivity contribution is 6.33. The van der Waals surface area contributed by atoms with Crippen molar-refractivity contribution in [1.82, 2.24) is 0 Å². The number of para-hydroxylation sites is 2. The zero-order valence-corrected chi connectivity index (χ0v) is 12.6. The molecule has 0 aromatic heterocycles. The zero-order chi connectivity index (χ0) is 17.6. The zero-order valence-electron chi connectivity index (χ0n) is 11.1. The molecule has 0 aliphatic carbocycles. The summed E-state index contributed by atoms with van der Waals surface area (Å²) in [5.41, 5.74) is -1.32. The lowest BCUT2D eigenvalue weighted by Gasteiger charge is -1.95. The summed E-state index contributed by atoms with van der Waals surface area (Å²) in [6.45, 7) is 0. The van der Waals surface area contributed by atoms with Gasteiger partial charge in [0, 0.05) is 12.1 Å². The van der Waals surface area contributed by atoms with E-state index in [2.05, 4.69) is 0 Å². The molecule has 0 N–H and O–H groups in total. The smallest absolute Gasteiger partial charge is 0.258 e. The Bertz CT molecular complexity index is 768. The Morgan fingerprint density at radius 1 is 0.652 bits per heavy atom. The van der Waals surface area contributed by atoms with E-state index < -0.39 is 26.1 Å². The van der Waals surface area contributed by atoms with Gasteiger partial charge in [0.05, 0.1) is 14.8 Å². The van der Waals surface area contributed by atoms with E-state index in [0.717, 1.165) is 6.07 Å². The molecule has 0 aliphatic heterocycles. The summed E-state index contributed by atoms with van der Waals surface area (Å²) in [6, 6.07) is 9.62. The van der Waals surface area contributed by atoms with Crippen molar-refractivity contribution in [2.24, 2.45) is 0 Å². The van der Waals surface area contributed by atoms with Crippen LogP contribution in [-0.2, 0) is 0 Å². The van der Waals surface area contributed by atoms with E-state index in [1.165, 1.54) is 24.3 Å². The Hall–Kier alpha value is -2.78. The first-order valence-corrected chi connectivity index (χ1v) is 6.47. The molecular weight excluding hydrogens is 353 g/mol. The maximum Gasteiger partial charge on any atom is 0.364 e. The molecule has 0 spiro atoms. The van der Waals surface area contributed by atoms with E-state index in [1.54, 1.807) is 12.1 Å². The lowest BCUT2D eigenvalue weighted by atomic mass is 10.3. The van der Waals surface area contributed by atoms with Gasteiger partial charge in [0.25, 0.3) is 5.69 Å². The van der Waals surface area contributed by atoms with Crippen LogP contribution in [0.2, 0.25) is 10.0 Å². The summed E-state index contributed by atoms with van der Waals surface area (Å²) < 4.78 is 0. The normalized spacial score (nSPS) is 9.48. The van der Waals surface area contributed by atoms with Gasteiger partial charge in [0.2, 0.25) is 0 Å². The van der Waals surface area contributed by atoms with E-state index in [0.29, 0.717) is 0 Å². The summed E-state index contributed by atoms with van der Waals surface area (Å²) in [6.07, 6.45) is 0. The van der Waals surface area contributed by atoms with Crippen molar-refractivity contribution in [3.8, 4) is 0 Å². The van der Waals surface area contributed by atoms with Gasteiger partial charge in [0.1, 0.15) is 10.0 Å². The average molecular weight is 360 g/mol. The van der Waals surface area contributed by atoms with Crippen LogP contribution in [0.1, 0.15) is 0 Å². The van der Waals surface area contributed by atoms with Gasteiger partial charge < -0.3 is 0 Å². The van der Waals surface area contributed by atoms with Gasteiger partial charge >= 0.3 is 11.4 Å². The lowest BCUT2D eigenvalue weighted by molar-refractivity contribution is -0.422. The monoisotopic (exact) mass is 359 g/mol. The van der Waals surface area contributed by atoms with Crippen molar-refractivity contribution in [1.29, 1.82) is 0 Å². The van der Waals surface area contributed by atoms with Crippen LogP contribution in [0, 0.1) is 30.3 Å². The van der Waals surface area contributed by atoms with Crippen LogP contribution in [0.3, 0.4) is 0 Å². The van der Waals surface area contributed by atoms with Crippen LogP contribution in [0.15, 0.2) is 42.5 Å². The van der Waals surface area contributed by atoms with Gasteiger partial charge in [-0.2, -0.15) is 0 Å². The Balaban J connectivity index is 0.000000238. The summed E-state index contributed by atoms with van der Waals surface area (Å²) in [7, 11) is 0. The van der Waals surface area contributed by atoms with Crippen molar-refractivity contribution in [2.75, 3.05) is 0 Å². The first-order valence-electron chi connectivity index (χ1n) is 5.72. The van der Waals surface area contributed by atoms with E-state index in [4.69, 9.17) is 23.2 Å². The average Bonchev–Trinajstić information content (AvgIpc) is 2.47. The predicted molar refractivity (Wildman–Crippen MR) is 82.9 cm³/mol. The Morgan fingerprint density at radius 3 is 1.52 bits per heavy atom. The van der Waals surface area contributed by atoms with Crippen LogP contribution in [-0.4, -0.2) is 14.8 Å². The number of nitro benzene ring substituents is 3. The largest absolute Gasteiger partial charge is 0.364 e. The van der Waals surface area contributed by atoms with E-state index in [1.807, 2.05) is 0 Å². The number of benzene rings is 2. The fraction of sp³-hybridized carbons (Fsp3) is 0. The third kappa shape index (κ3) is 4.87. The molecule has 0 saturated carbocycles. The quantitative estimate of drug-likeness (QED) is 0.589. The van der Waals surface area contributed by atoms with Gasteiger partial charge in [-0.3, -0.25) is 30.3 Å². The molecule has 0 fully saturated rings. The van der Waals surface area contributed by atoms with Crippen molar-refractivity contribution < 1.29 is 14.8 Å². The van der Waals surface area contributed by atoms with E-state index >= 15 is 0 Å². The first-order chi connectivity index (χ1) is 10.8. The molecular formula is C12H7Cl2N3O6. The minimum absolute atomic E-state index is 0.0517. The van der Waals surface area contributed by atoms with Gasteiger partial charge in [0.15, 0.2) is 0 Å². The molecule has 0 amide bonds. The Labute approximate surface area is 138 Å². The SMILES string of the molecule is O=[N+]([O-])c1cccc(Cl)c1[N+](=O)[O-].O=[N+]([O-])c1ccccc1Cl. The first kappa shape index (κ1) is 18.3. The number of halogens is 2. The highest BCUT2D eigenvalue weighted by Crippen LogP contribution is 2.33. The Morgan fingerprint density at radius 2 is 1.13 bits per heavy atom. The van der Waals surface area contributed by atoms with Crippen molar-refractivity contribution >= 4 is 40.3 Å². The standard InChI is InChI=1S/C6H3ClN2O4.C6H4ClNO2/c7-4-2-1-3-5(8(10)11)6(4)9(12)13;7-5-3-1-2-4-6(5)8(9)10/h1-3H;1-4H. The number of nitrogens with zero attached hydrogens (tertiary/aromatic N) is 3. The number of nitro groups is 3. The maximum atomic E-state index is 10.4. The third-order valence-electron chi connectivity index (χ3n) is 2.39. The van der Waals surface area contributed by atoms with Crippen LogP contribution in [0.25, 0.3) is 0 Å². The molecule has 0 heterocycles. The second kappa shape index (κ2) is 8.01. The maximum absolute atomic E-state index is 10.4. The molecule has 2 aromatic rings. The fourth-order valence-corrected chi connectivity index (χ4v) is 1.88. The summed E-state index contributed by atoms with van der Waals surface area (Å²) in [4.78, 5) is 28.6. The molecule has 0 saturated heterocycles. The summed E-state index contributed by atoms with van der Waals surface area (Å²) in [5.74, 6) is 0. The van der Waals surface area contributed by atoms with Crippen LogP contribution in [0.5, 0.6) is 0 Å². The fourth-order valence-electron chi connectivity index (χ4n) is 1.43. The van der Waals surface area contributed by atoms with Gasteiger partial charge in [-0.25, -0.2) is 0 Å². The van der Waals surface area contributed by atoms with Crippen LogP contribution >= 0.6 is 23.2 Å². The highest BCUT2D eigenvalue weighted by atomic mass is 35.5. The topological polar surface area (TPSA) is 129 Å². The second-order valence-electron chi connectivity index (χ2n) is 3.83.